The van der Waals surface area contributed by atoms with E-state index >= 15 is 0 Å². The summed E-state index contributed by atoms with van der Waals surface area (Å²) in [6, 6.07) is -0.0303. The molecule has 0 radical (unpaired) electrons. The number of rotatable bonds is 7. The van der Waals surface area contributed by atoms with E-state index in [1.54, 1.807) is 0 Å². The number of hydrogen-bond acceptors (Lipinski definition) is 7. The highest BCUT2D eigenvalue weighted by Crippen LogP contribution is 2.69. The number of carbonyl (C=O) groups excluding carboxylic acids is 3. The smallest absolute Gasteiger partial charge is 0.305 e. The molecule has 0 aromatic carbocycles. The molecule has 0 bridgehead atoms. The van der Waals surface area contributed by atoms with Crippen molar-refractivity contribution >= 4 is 17.9 Å². The SMILES string of the molecule is COC(=O)CC[C@@H](C)[C@H]1CC[C@H]2C3C(C[C@H](OC(C)=O)[C@]12C)[C@@]1(C)CCC(N=[N+]=[N-])C[C@H]1C[C@H]3OC(C)=O. The second-order valence-corrected chi connectivity index (χ2v) is 13.0. The molecule has 0 saturated heterocycles. The molecule has 0 aromatic rings. The Hall–Kier alpha value is -2.28. The zero-order chi connectivity index (χ0) is 27.8. The fourth-order valence-corrected chi connectivity index (χ4v) is 9.62. The van der Waals surface area contributed by atoms with Crippen molar-refractivity contribution in [2.75, 3.05) is 7.11 Å². The molecule has 0 N–H and O–H groups in total. The van der Waals surface area contributed by atoms with E-state index in [2.05, 4.69) is 30.8 Å². The minimum absolute atomic E-state index is 0.00287. The summed E-state index contributed by atoms with van der Waals surface area (Å²) < 4.78 is 17.2. The summed E-state index contributed by atoms with van der Waals surface area (Å²) in [5, 5.41) is 4.05. The van der Waals surface area contributed by atoms with Gasteiger partial charge in [-0.25, -0.2) is 0 Å². The van der Waals surface area contributed by atoms with Gasteiger partial charge in [-0.3, -0.25) is 14.4 Å². The van der Waals surface area contributed by atoms with Gasteiger partial charge in [0, 0.05) is 42.6 Å². The largest absolute Gasteiger partial charge is 0.469 e. The molecule has 4 saturated carbocycles. The summed E-state index contributed by atoms with van der Waals surface area (Å²) in [6.07, 6.45) is 6.78. The number of carbonyl (C=O) groups is 3. The van der Waals surface area contributed by atoms with Crippen LogP contribution in [0.4, 0.5) is 0 Å². The van der Waals surface area contributed by atoms with E-state index in [1.807, 2.05) is 0 Å². The molecule has 3 unspecified atom stereocenters. The third kappa shape index (κ3) is 5.03. The van der Waals surface area contributed by atoms with Crippen LogP contribution < -0.4 is 0 Å². The second kappa shape index (κ2) is 11.1. The van der Waals surface area contributed by atoms with E-state index in [9.17, 15) is 14.4 Å². The third-order valence-electron chi connectivity index (χ3n) is 11.3. The van der Waals surface area contributed by atoms with Gasteiger partial charge in [-0.1, -0.05) is 25.9 Å². The van der Waals surface area contributed by atoms with Crippen molar-refractivity contribution in [1.82, 2.24) is 0 Å². The van der Waals surface area contributed by atoms with Crippen molar-refractivity contribution in [3.63, 3.8) is 0 Å². The topological polar surface area (TPSA) is 128 Å². The van der Waals surface area contributed by atoms with Crippen molar-refractivity contribution < 1.29 is 28.6 Å². The first-order valence-electron chi connectivity index (χ1n) is 14.4. The number of ether oxygens (including phenoxy) is 3. The Bertz CT molecular complexity index is 981. The number of nitrogens with zero attached hydrogens (tertiary/aromatic N) is 3. The van der Waals surface area contributed by atoms with E-state index in [0.29, 0.717) is 6.42 Å². The van der Waals surface area contributed by atoms with Crippen molar-refractivity contribution in [3.8, 4) is 0 Å². The Morgan fingerprint density at radius 2 is 1.74 bits per heavy atom. The van der Waals surface area contributed by atoms with Crippen LogP contribution in [0, 0.1) is 46.3 Å². The van der Waals surface area contributed by atoms with Gasteiger partial charge >= 0.3 is 17.9 Å². The predicted molar refractivity (Wildman–Crippen MR) is 140 cm³/mol. The minimum atomic E-state index is -0.272. The summed E-state index contributed by atoms with van der Waals surface area (Å²) in [5.41, 5.74) is 8.78. The molecule has 4 fully saturated rings. The first-order chi connectivity index (χ1) is 17.9. The quantitative estimate of drug-likeness (QED) is 0.130. The summed E-state index contributed by atoms with van der Waals surface area (Å²) in [7, 11) is 1.42. The van der Waals surface area contributed by atoms with E-state index in [0.717, 1.165) is 51.4 Å². The molecule has 4 aliphatic carbocycles. The van der Waals surface area contributed by atoms with Crippen LogP contribution in [0.3, 0.4) is 0 Å². The van der Waals surface area contributed by atoms with Gasteiger partial charge in [-0.2, -0.15) is 0 Å². The molecule has 4 rings (SSSR count). The molecule has 9 heteroatoms. The van der Waals surface area contributed by atoms with Crippen LogP contribution in [0.5, 0.6) is 0 Å². The van der Waals surface area contributed by atoms with Crippen LogP contribution in [0.25, 0.3) is 10.4 Å². The highest BCUT2D eigenvalue weighted by molar-refractivity contribution is 5.69. The van der Waals surface area contributed by atoms with E-state index in [1.165, 1.54) is 21.0 Å². The van der Waals surface area contributed by atoms with Crippen LogP contribution in [-0.2, 0) is 28.6 Å². The van der Waals surface area contributed by atoms with E-state index in [-0.39, 0.29) is 82.5 Å². The Morgan fingerprint density at radius 3 is 2.37 bits per heavy atom. The predicted octanol–water partition coefficient (Wildman–Crippen LogP) is 6.00. The maximum absolute atomic E-state index is 12.4. The Kier molecular flexibility index (Phi) is 8.37. The first kappa shape index (κ1) is 28.7. The lowest BCUT2D eigenvalue weighted by molar-refractivity contribution is -0.220. The molecule has 212 valence electrons. The molecular formula is C29H45N3O6. The second-order valence-electron chi connectivity index (χ2n) is 13.0. The van der Waals surface area contributed by atoms with Crippen LogP contribution in [-0.4, -0.2) is 43.3 Å². The number of azide groups is 1. The molecule has 38 heavy (non-hydrogen) atoms. The lowest BCUT2D eigenvalue weighted by atomic mass is 9.43. The summed E-state index contributed by atoms with van der Waals surface area (Å²) in [6.45, 7) is 9.84. The maximum Gasteiger partial charge on any atom is 0.305 e. The van der Waals surface area contributed by atoms with Crippen molar-refractivity contribution in [2.24, 2.45) is 51.5 Å². The van der Waals surface area contributed by atoms with Crippen molar-refractivity contribution in [2.45, 2.75) is 111 Å². The molecule has 9 nitrogen and oxygen atoms in total. The van der Waals surface area contributed by atoms with Gasteiger partial charge in [-0.15, -0.1) is 0 Å². The fraction of sp³-hybridized carbons (Fsp3) is 0.897. The average Bonchev–Trinajstić information content (AvgIpc) is 3.21. The molecule has 0 aromatic heterocycles. The number of hydrogen-bond donors (Lipinski definition) is 0. The third-order valence-corrected chi connectivity index (χ3v) is 11.3. The zero-order valence-electron chi connectivity index (χ0n) is 23.9. The van der Waals surface area contributed by atoms with Gasteiger partial charge in [0.25, 0.3) is 0 Å². The molecule has 0 aliphatic heterocycles. The number of esters is 3. The van der Waals surface area contributed by atoms with Crippen LogP contribution >= 0.6 is 0 Å². The first-order valence-corrected chi connectivity index (χ1v) is 14.4. The van der Waals surface area contributed by atoms with Crippen molar-refractivity contribution in [1.29, 1.82) is 0 Å². The summed E-state index contributed by atoms with van der Waals surface area (Å²) >= 11 is 0. The summed E-state index contributed by atoms with van der Waals surface area (Å²) in [4.78, 5) is 39.7. The van der Waals surface area contributed by atoms with E-state index in [4.69, 9.17) is 19.7 Å². The number of fused-ring (bicyclic) bond motifs is 5. The Balaban J connectivity index is 1.71. The van der Waals surface area contributed by atoms with Gasteiger partial charge in [0.15, 0.2) is 0 Å². The van der Waals surface area contributed by atoms with Crippen LogP contribution in [0.2, 0.25) is 0 Å². The zero-order valence-corrected chi connectivity index (χ0v) is 23.9. The Labute approximate surface area is 226 Å². The molecule has 0 amide bonds. The van der Waals surface area contributed by atoms with Crippen LogP contribution in [0.15, 0.2) is 5.11 Å². The lowest BCUT2D eigenvalue weighted by Crippen LogP contribution is -2.63. The molecule has 11 atom stereocenters. The minimum Gasteiger partial charge on any atom is -0.469 e. The number of methoxy groups -OCH3 is 1. The Morgan fingerprint density at radius 1 is 1.03 bits per heavy atom. The van der Waals surface area contributed by atoms with Gasteiger partial charge in [0.2, 0.25) is 0 Å². The van der Waals surface area contributed by atoms with Crippen molar-refractivity contribution in [3.05, 3.63) is 10.4 Å². The highest BCUT2D eigenvalue weighted by atomic mass is 16.5. The monoisotopic (exact) mass is 531 g/mol. The standard InChI is InChI=1S/C29H45N3O6/c1-16(7-10-26(35)36-6)21-8-9-22-27-23(15-25(29(21,22)5)38-18(3)34)28(4)12-11-20(31-32-30)13-19(28)14-24(27)37-17(2)33/h16,19-25,27H,7-15H2,1-6H3/t16-,19+,20?,21-,22+,23?,24-,25+,27?,28+,29-/m1/s1. The molecule has 4 aliphatic rings. The fourth-order valence-electron chi connectivity index (χ4n) is 9.62. The maximum atomic E-state index is 12.4. The highest BCUT2D eigenvalue weighted by Gasteiger charge is 2.67. The van der Waals surface area contributed by atoms with Gasteiger partial charge in [0.1, 0.15) is 12.2 Å². The van der Waals surface area contributed by atoms with Crippen LogP contribution in [0.1, 0.15) is 92.4 Å². The van der Waals surface area contributed by atoms with E-state index < -0.39 is 0 Å². The van der Waals surface area contributed by atoms with Gasteiger partial charge < -0.3 is 14.2 Å². The van der Waals surface area contributed by atoms with Gasteiger partial charge in [-0.05, 0) is 91.9 Å². The normalized spacial score (nSPS) is 42.4. The molecule has 0 heterocycles. The molecular weight excluding hydrogens is 486 g/mol. The summed E-state index contributed by atoms with van der Waals surface area (Å²) in [5.74, 6) is 0.768. The lowest BCUT2D eigenvalue weighted by Gasteiger charge is -2.64. The average molecular weight is 532 g/mol. The van der Waals surface area contributed by atoms with Gasteiger partial charge in [0.05, 0.1) is 7.11 Å². The molecule has 0 spiro atoms.